The van der Waals surface area contributed by atoms with Crippen LogP contribution in [-0.4, -0.2) is 15.2 Å². The average Bonchev–Trinajstić information content (AvgIpc) is 2.65. The van der Waals surface area contributed by atoms with Crippen LogP contribution < -0.4 is 29.0 Å². The van der Waals surface area contributed by atoms with Gasteiger partial charge in [-0.2, -0.15) is 5.10 Å². The molecular weight excluding hydrogens is 291 g/mol. The van der Waals surface area contributed by atoms with Gasteiger partial charge in [-0.15, -0.1) is 0 Å². The molecule has 0 aliphatic carbocycles. The van der Waals surface area contributed by atoms with Gasteiger partial charge in [-0.05, 0) is 23.2 Å². The predicted molar refractivity (Wildman–Crippen MR) is 48.0 cm³/mol. The number of nitrogens with zero attached hydrogens (tertiary/aromatic N) is 2. The molecule has 0 amide bonds. The fraction of sp³-hybridized carbons (Fsp3) is 0. The Morgan fingerprint density at radius 1 is 1.21 bits per heavy atom. The van der Waals surface area contributed by atoms with Crippen LogP contribution in [0.3, 0.4) is 0 Å². The summed E-state index contributed by atoms with van der Waals surface area (Å²) >= 11 is 0. The monoisotopic (exact) mass is 298 g/mol. The first-order chi connectivity index (χ1) is 6.45. The predicted octanol–water partition coefficient (Wildman–Crippen LogP) is -2.07. The maximum absolute atomic E-state index is 4.18. The highest BCUT2D eigenvalue weighted by molar-refractivity contribution is 5.99. The minimum Gasteiger partial charge on any atom is -1.00 e. The zero-order chi connectivity index (χ0) is 8.67. The fourth-order valence-electron chi connectivity index (χ4n) is 1.52. The molecule has 0 aliphatic rings. The van der Waals surface area contributed by atoms with E-state index in [9.17, 15) is 0 Å². The molecule has 0 aliphatic heterocycles. The molecule has 5 heteroatoms. The lowest BCUT2D eigenvalue weighted by Gasteiger charge is -1.93. The van der Waals surface area contributed by atoms with Gasteiger partial charge < -0.3 is 24.0 Å². The Hall–Kier alpha value is -1.24. The summed E-state index contributed by atoms with van der Waals surface area (Å²) in [6.45, 7) is 0. The smallest absolute Gasteiger partial charge is 0.285 e. The summed E-state index contributed by atoms with van der Waals surface area (Å²) in [6.07, 6.45) is 3.44. The minimum atomic E-state index is 0. The Kier molecular flexibility index (Phi) is 2.32. The molecule has 0 fully saturated rings. The van der Waals surface area contributed by atoms with Crippen molar-refractivity contribution in [1.82, 2.24) is 15.2 Å². The molecule has 1 aromatic carbocycles. The van der Waals surface area contributed by atoms with Gasteiger partial charge >= 0.3 is 0 Å². The highest BCUT2D eigenvalue weighted by Gasteiger charge is 2.08. The Balaban J connectivity index is 0.000000750. The summed E-state index contributed by atoms with van der Waals surface area (Å²) in [7, 11) is 0. The first-order valence-corrected chi connectivity index (χ1v) is 4.03. The Bertz CT molecular complexity index is 575. The number of imidazole rings is 1. The molecule has 2 heterocycles. The largest absolute Gasteiger partial charge is 1.00 e. The zero-order valence-corrected chi connectivity index (χ0v) is 9.32. The van der Waals surface area contributed by atoms with Gasteiger partial charge in [0.25, 0.3) is 6.33 Å². The Morgan fingerprint density at radius 3 is 3.07 bits per heavy atom. The molecule has 14 heavy (non-hydrogen) atoms. The van der Waals surface area contributed by atoms with E-state index in [1.807, 2.05) is 18.2 Å². The molecule has 70 valence electrons. The second-order valence-corrected chi connectivity index (χ2v) is 2.88. The summed E-state index contributed by atoms with van der Waals surface area (Å²) in [5.74, 6) is 0. The minimum absolute atomic E-state index is 0. The number of H-pyrrole nitrogens is 2. The van der Waals surface area contributed by atoms with Crippen LogP contribution in [0.5, 0.6) is 0 Å². The van der Waals surface area contributed by atoms with Crippen molar-refractivity contribution in [2.45, 2.75) is 0 Å². The summed E-state index contributed by atoms with van der Waals surface area (Å²) in [6, 6.07) is 5.91. The maximum atomic E-state index is 4.18. The zero-order valence-electron chi connectivity index (χ0n) is 7.16. The van der Waals surface area contributed by atoms with Crippen molar-refractivity contribution in [3.63, 3.8) is 0 Å². The van der Waals surface area contributed by atoms with Crippen molar-refractivity contribution in [3.05, 3.63) is 30.7 Å². The summed E-state index contributed by atoms with van der Waals surface area (Å²) in [5, 5.41) is 8.00. The van der Waals surface area contributed by atoms with Crippen LogP contribution in [0, 0.1) is 0 Å². The van der Waals surface area contributed by atoms with E-state index in [4.69, 9.17) is 0 Å². The number of fused-ring (bicyclic) bond motifs is 3. The number of rotatable bonds is 0. The number of hydrogen-bond donors (Lipinski definition) is 1. The van der Waals surface area contributed by atoms with Crippen LogP contribution in [0.25, 0.3) is 21.9 Å². The van der Waals surface area contributed by atoms with E-state index < -0.39 is 0 Å². The highest BCUT2D eigenvalue weighted by Crippen LogP contribution is 2.17. The molecular formula is C9H7IN4. The van der Waals surface area contributed by atoms with Crippen molar-refractivity contribution in [2.75, 3.05) is 0 Å². The van der Waals surface area contributed by atoms with E-state index in [2.05, 4.69) is 20.2 Å². The van der Waals surface area contributed by atoms with Gasteiger partial charge in [0.1, 0.15) is 0 Å². The number of nitrogens with one attached hydrogen (secondary N) is 2. The van der Waals surface area contributed by atoms with Crippen LogP contribution in [0.2, 0.25) is 0 Å². The molecule has 0 bridgehead atoms. The molecule has 3 aromatic rings. The molecule has 0 saturated carbocycles. The van der Waals surface area contributed by atoms with Crippen LogP contribution in [0.1, 0.15) is 0 Å². The van der Waals surface area contributed by atoms with E-state index in [1.54, 1.807) is 12.5 Å². The number of hydrogen-bond acceptors (Lipinski definition) is 2. The molecule has 2 N–H and O–H groups in total. The lowest BCUT2D eigenvalue weighted by atomic mass is 10.2. The first-order valence-electron chi connectivity index (χ1n) is 4.03. The second-order valence-electron chi connectivity index (χ2n) is 2.88. The third-order valence-electron chi connectivity index (χ3n) is 2.14. The van der Waals surface area contributed by atoms with Crippen molar-refractivity contribution in [2.24, 2.45) is 0 Å². The average molecular weight is 298 g/mol. The van der Waals surface area contributed by atoms with Gasteiger partial charge in [-0.1, -0.05) is 0 Å². The fourth-order valence-corrected chi connectivity index (χ4v) is 1.52. The molecule has 0 spiro atoms. The van der Waals surface area contributed by atoms with Gasteiger partial charge in [0, 0.05) is 6.20 Å². The van der Waals surface area contributed by atoms with Gasteiger partial charge in [0.15, 0.2) is 5.52 Å². The topological polar surface area (TPSA) is 55.7 Å². The van der Waals surface area contributed by atoms with Crippen LogP contribution >= 0.6 is 0 Å². The van der Waals surface area contributed by atoms with Crippen LogP contribution in [0.15, 0.2) is 30.7 Å². The lowest BCUT2D eigenvalue weighted by molar-refractivity contribution is -0.343. The molecule has 0 atom stereocenters. The van der Waals surface area contributed by atoms with Crippen molar-refractivity contribution >= 4 is 21.9 Å². The summed E-state index contributed by atoms with van der Waals surface area (Å²) in [4.78, 5) is 7.28. The van der Waals surface area contributed by atoms with Gasteiger partial charge in [-0.25, -0.2) is 4.98 Å². The molecule has 0 saturated heterocycles. The number of aromatic nitrogens is 4. The third-order valence-corrected chi connectivity index (χ3v) is 2.14. The summed E-state index contributed by atoms with van der Waals surface area (Å²) < 4.78 is 0. The van der Waals surface area contributed by atoms with Crippen LogP contribution in [-0.2, 0) is 0 Å². The Morgan fingerprint density at radius 2 is 2.14 bits per heavy atom. The van der Waals surface area contributed by atoms with E-state index >= 15 is 0 Å². The van der Waals surface area contributed by atoms with E-state index in [0.717, 1.165) is 21.9 Å². The number of benzene rings is 1. The van der Waals surface area contributed by atoms with Crippen molar-refractivity contribution in [3.8, 4) is 0 Å². The SMILES string of the molecule is [I-].c1cc2c(ccc3nc[nH+]c32)[nH]n1. The normalized spacial score (nSPS) is 10.3. The van der Waals surface area contributed by atoms with Gasteiger partial charge in [0.05, 0.1) is 10.9 Å². The molecule has 2 aromatic heterocycles. The van der Waals surface area contributed by atoms with Gasteiger partial charge in [0.2, 0.25) is 5.52 Å². The van der Waals surface area contributed by atoms with E-state index in [0.29, 0.717) is 0 Å². The Labute approximate surface area is 96.8 Å². The number of halogens is 1. The standard InChI is InChI=1S/C9H6N4.HI/c1-2-8-9(11-5-10-8)6-3-4-12-13-7(1)6;/h1-5,13H;1H. The second kappa shape index (κ2) is 3.49. The van der Waals surface area contributed by atoms with Crippen molar-refractivity contribution < 1.29 is 29.0 Å². The number of aromatic amines is 2. The van der Waals surface area contributed by atoms with Crippen LogP contribution in [0.4, 0.5) is 0 Å². The molecule has 0 unspecified atom stereocenters. The molecule has 0 radical (unpaired) electrons. The summed E-state index contributed by atoms with van der Waals surface area (Å²) in [5.41, 5.74) is 3.04. The molecule has 3 rings (SSSR count). The quantitative estimate of drug-likeness (QED) is 0.485. The highest BCUT2D eigenvalue weighted by atomic mass is 127. The maximum Gasteiger partial charge on any atom is 0.285 e. The van der Waals surface area contributed by atoms with E-state index in [1.165, 1.54) is 0 Å². The third kappa shape index (κ3) is 1.24. The van der Waals surface area contributed by atoms with Gasteiger partial charge in [-0.3, -0.25) is 5.10 Å². The molecule has 4 nitrogen and oxygen atoms in total. The van der Waals surface area contributed by atoms with Crippen molar-refractivity contribution in [1.29, 1.82) is 0 Å². The van der Waals surface area contributed by atoms with E-state index in [-0.39, 0.29) is 24.0 Å². The first kappa shape index (κ1) is 9.32. The lowest BCUT2D eigenvalue weighted by Crippen LogP contribution is -3.00.